The number of para-hydroxylation sites is 2. The van der Waals surface area contributed by atoms with Gasteiger partial charge in [-0.15, -0.1) is 0 Å². The van der Waals surface area contributed by atoms with Crippen LogP contribution >= 0.6 is 0 Å². The minimum atomic E-state index is -0.0302. The molecule has 0 bridgehead atoms. The number of benzene rings is 2. The largest absolute Gasteiger partial charge is 0.491 e. The van der Waals surface area contributed by atoms with E-state index in [2.05, 4.69) is 0 Å². The number of fused-ring (bicyclic) bond motifs is 1. The Morgan fingerprint density at radius 1 is 1.17 bits per heavy atom. The molecular weight excluding hydrogens is 290 g/mol. The summed E-state index contributed by atoms with van der Waals surface area (Å²) in [5.74, 6) is 1.50. The van der Waals surface area contributed by atoms with Crippen LogP contribution in [0, 0.1) is 0 Å². The van der Waals surface area contributed by atoms with Gasteiger partial charge < -0.3 is 14.4 Å². The fourth-order valence-corrected chi connectivity index (χ4v) is 2.69. The predicted molar refractivity (Wildman–Crippen MR) is 90.4 cm³/mol. The van der Waals surface area contributed by atoms with Crippen molar-refractivity contribution in [2.75, 3.05) is 11.4 Å². The van der Waals surface area contributed by atoms with Crippen LogP contribution in [0.3, 0.4) is 0 Å². The van der Waals surface area contributed by atoms with E-state index in [0.29, 0.717) is 12.1 Å². The smallest absolute Gasteiger partial charge is 0.258 e. The summed E-state index contributed by atoms with van der Waals surface area (Å²) in [6.07, 6.45) is 0.0842. The summed E-state index contributed by atoms with van der Waals surface area (Å²) in [6.45, 7) is 6.46. The van der Waals surface area contributed by atoms with Gasteiger partial charge in [0.1, 0.15) is 17.6 Å². The summed E-state index contributed by atoms with van der Waals surface area (Å²) in [5.41, 5.74) is 1.46. The topological polar surface area (TPSA) is 38.8 Å². The highest BCUT2D eigenvalue weighted by Crippen LogP contribution is 2.34. The first-order valence-electron chi connectivity index (χ1n) is 7.89. The SMILES string of the molecule is CC(C)Oc1ccc(C(=O)N2CC(C)Oc3ccccc32)cc1. The molecule has 0 aliphatic carbocycles. The molecule has 1 amide bonds. The van der Waals surface area contributed by atoms with Gasteiger partial charge in [0.05, 0.1) is 18.3 Å². The van der Waals surface area contributed by atoms with Crippen LogP contribution in [0.1, 0.15) is 31.1 Å². The molecule has 0 aromatic heterocycles. The highest BCUT2D eigenvalue weighted by atomic mass is 16.5. The normalized spacial score (nSPS) is 16.7. The fraction of sp³-hybridized carbons (Fsp3) is 0.316. The summed E-state index contributed by atoms with van der Waals surface area (Å²) in [5, 5.41) is 0. The van der Waals surface area contributed by atoms with Gasteiger partial charge in [-0.1, -0.05) is 12.1 Å². The molecule has 0 N–H and O–H groups in total. The van der Waals surface area contributed by atoms with E-state index in [0.717, 1.165) is 17.2 Å². The van der Waals surface area contributed by atoms with Crippen LogP contribution < -0.4 is 14.4 Å². The summed E-state index contributed by atoms with van der Waals surface area (Å²) in [4.78, 5) is 14.7. The molecule has 120 valence electrons. The molecule has 1 heterocycles. The Hall–Kier alpha value is -2.49. The number of anilines is 1. The molecule has 2 aromatic rings. The molecule has 23 heavy (non-hydrogen) atoms. The average Bonchev–Trinajstić information content (AvgIpc) is 2.53. The van der Waals surface area contributed by atoms with E-state index in [4.69, 9.17) is 9.47 Å². The zero-order valence-electron chi connectivity index (χ0n) is 13.7. The molecule has 0 saturated carbocycles. The second-order valence-corrected chi connectivity index (χ2v) is 6.00. The Kier molecular flexibility index (Phi) is 4.24. The number of carbonyl (C=O) groups excluding carboxylic acids is 1. The molecule has 0 spiro atoms. The third-order valence-electron chi connectivity index (χ3n) is 3.64. The molecular formula is C19H21NO3. The lowest BCUT2D eigenvalue weighted by Gasteiger charge is -2.33. The van der Waals surface area contributed by atoms with Crippen LogP contribution in [0.25, 0.3) is 0 Å². The molecule has 2 aromatic carbocycles. The van der Waals surface area contributed by atoms with Gasteiger partial charge >= 0.3 is 0 Å². The summed E-state index contributed by atoms with van der Waals surface area (Å²) >= 11 is 0. The number of hydrogen-bond acceptors (Lipinski definition) is 3. The van der Waals surface area contributed by atoms with Crippen molar-refractivity contribution in [1.29, 1.82) is 0 Å². The van der Waals surface area contributed by atoms with Crippen LogP contribution in [-0.4, -0.2) is 24.7 Å². The third kappa shape index (κ3) is 3.31. The molecule has 3 rings (SSSR count). The minimum absolute atomic E-state index is 0.0244. The molecule has 1 unspecified atom stereocenters. The predicted octanol–water partition coefficient (Wildman–Crippen LogP) is 3.90. The molecule has 0 fully saturated rings. The Morgan fingerprint density at radius 2 is 1.87 bits per heavy atom. The van der Waals surface area contributed by atoms with Gasteiger partial charge in [-0.05, 0) is 57.2 Å². The standard InChI is InChI=1S/C19H21NO3/c1-13(2)22-16-10-8-15(9-11-16)19(21)20-12-14(3)23-18-7-5-4-6-17(18)20/h4-11,13-14H,12H2,1-3H3. The number of hydrogen-bond donors (Lipinski definition) is 0. The van der Waals surface area contributed by atoms with Gasteiger partial charge in [-0.3, -0.25) is 4.79 Å². The Labute approximate surface area is 136 Å². The van der Waals surface area contributed by atoms with Gasteiger partial charge in [0.2, 0.25) is 0 Å². The molecule has 0 radical (unpaired) electrons. The van der Waals surface area contributed by atoms with E-state index in [-0.39, 0.29) is 18.1 Å². The van der Waals surface area contributed by atoms with Crippen molar-refractivity contribution in [1.82, 2.24) is 0 Å². The van der Waals surface area contributed by atoms with Gasteiger partial charge in [0.25, 0.3) is 5.91 Å². The maximum atomic E-state index is 12.9. The van der Waals surface area contributed by atoms with Gasteiger partial charge in [0, 0.05) is 5.56 Å². The first-order valence-corrected chi connectivity index (χ1v) is 7.89. The Balaban J connectivity index is 1.85. The molecule has 0 saturated heterocycles. The maximum absolute atomic E-state index is 12.9. The lowest BCUT2D eigenvalue weighted by molar-refractivity contribution is 0.0961. The van der Waals surface area contributed by atoms with Crippen molar-refractivity contribution in [3.63, 3.8) is 0 Å². The van der Waals surface area contributed by atoms with Crippen LogP contribution in [0.5, 0.6) is 11.5 Å². The molecule has 4 heteroatoms. The van der Waals surface area contributed by atoms with Crippen LogP contribution in [-0.2, 0) is 0 Å². The van der Waals surface area contributed by atoms with Crippen LogP contribution in [0.4, 0.5) is 5.69 Å². The molecule has 1 atom stereocenters. The second-order valence-electron chi connectivity index (χ2n) is 6.00. The first-order chi connectivity index (χ1) is 11.0. The molecule has 4 nitrogen and oxygen atoms in total. The van der Waals surface area contributed by atoms with E-state index in [1.165, 1.54) is 0 Å². The summed E-state index contributed by atoms with van der Waals surface area (Å²) < 4.78 is 11.4. The van der Waals surface area contributed by atoms with Crippen molar-refractivity contribution in [3.8, 4) is 11.5 Å². The van der Waals surface area contributed by atoms with E-state index < -0.39 is 0 Å². The van der Waals surface area contributed by atoms with Crippen molar-refractivity contribution in [2.24, 2.45) is 0 Å². The lowest BCUT2D eigenvalue weighted by Crippen LogP contribution is -2.42. The van der Waals surface area contributed by atoms with Crippen molar-refractivity contribution >= 4 is 11.6 Å². The maximum Gasteiger partial charge on any atom is 0.258 e. The quantitative estimate of drug-likeness (QED) is 0.863. The van der Waals surface area contributed by atoms with E-state index in [1.54, 1.807) is 4.90 Å². The number of amides is 1. The zero-order valence-corrected chi connectivity index (χ0v) is 13.7. The number of ether oxygens (including phenoxy) is 2. The monoisotopic (exact) mass is 311 g/mol. The van der Waals surface area contributed by atoms with E-state index >= 15 is 0 Å². The highest BCUT2D eigenvalue weighted by molar-refractivity contribution is 6.07. The number of rotatable bonds is 3. The van der Waals surface area contributed by atoms with E-state index in [1.807, 2.05) is 69.3 Å². The lowest BCUT2D eigenvalue weighted by atomic mass is 10.1. The van der Waals surface area contributed by atoms with Crippen LogP contribution in [0.15, 0.2) is 48.5 Å². The van der Waals surface area contributed by atoms with Crippen molar-refractivity contribution in [3.05, 3.63) is 54.1 Å². The van der Waals surface area contributed by atoms with Gasteiger partial charge in [-0.25, -0.2) is 0 Å². The Bertz CT molecular complexity index is 694. The highest BCUT2D eigenvalue weighted by Gasteiger charge is 2.27. The summed E-state index contributed by atoms with van der Waals surface area (Å²) in [7, 11) is 0. The fourth-order valence-electron chi connectivity index (χ4n) is 2.69. The first kappa shape index (κ1) is 15.4. The second kappa shape index (κ2) is 6.32. The minimum Gasteiger partial charge on any atom is -0.491 e. The third-order valence-corrected chi connectivity index (χ3v) is 3.64. The van der Waals surface area contributed by atoms with Crippen molar-refractivity contribution in [2.45, 2.75) is 33.0 Å². The van der Waals surface area contributed by atoms with Gasteiger partial charge in [0.15, 0.2) is 0 Å². The average molecular weight is 311 g/mol. The van der Waals surface area contributed by atoms with Gasteiger partial charge in [-0.2, -0.15) is 0 Å². The number of nitrogens with zero attached hydrogens (tertiary/aromatic N) is 1. The zero-order chi connectivity index (χ0) is 16.4. The molecule has 1 aliphatic heterocycles. The summed E-state index contributed by atoms with van der Waals surface area (Å²) in [6, 6.07) is 14.9. The van der Waals surface area contributed by atoms with E-state index in [9.17, 15) is 4.79 Å². The number of carbonyl (C=O) groups is 1. The Morgan fingerprint density at radius 3 is 2.57 bits per heavy atom. The van der Waals surface area contributed by atoms with Crippen molar-refractivity contribution < 1.29 is 14.3 Å². The van der Waals surface area contributed by atoms with Crippen LogP contribution in [0.2, 0.25) is 0 Å². The molecule has 1 aliphatic rings.